The highest BCUT2D eigenvalue weighted by molar-refractivity contribution is 7.86. The van der Waals surface area contributed by atoms with E-state index in [0.29, 0.717) is 11.1 Å². The lowest BCUT2D eigenvalue weighted by Crippen LogP contribution is -2.24. The molecule has 118 valence electrons. The normalized spacial score (nSPS) is 14.4. The Morgan fingerprint density at radius 3 is 2.36 bits per heavy atom. The highest BCUT2D eigenvalue weighted by atomic mass is 32.2. The zero-order valence-corrected chi connectivity index (χ0v) is 13.9. The molecule has 0 saturated carbocycles. The van der Waals surface area contributed by atoms with E-state index in [2.05, 4.69) is 10.2 Å². The molecule has 0 saturated heterocycles. The summed E-state index contributed by atoms with van der Waals surface area (Å²) in [6.45, 7) is 5.56. The molecule has 2 rings (SSSR count). The number of rotatable bonds is 4. The number of hydrogen-bond donors (Lipinski definition) is 1. The quantitative estimate of drug-likeness (QED) is 0.937. The Morgan fingerprint density at radius 2 is 1.82 bits per heavy atom. The third-order valence-corrected chi connectivity index (χ3v) is 4.90. The summed E-state index contributed by atoms with van der Waals surface area (Å²) in [6.07, 6.45) is -0.938. The largest absolute Gasteiger partial charge is 0.480 e. The van der Waals surface area contributed by atoms with Crippen molar-refractivity contribution >= 4 is 10.8 Å². The van der Waals surface area contributed by atoms with Crippen LogP contribution in [0.2, 0.25) is 0 Å². The van der Waals surface area contributed by atoms with E-state index < -0.39 is 21.7 Å². The third-order valence-electron chi connectivity index (χ3n) is 3.12. The minimum Gasteiger partial charge on any atom is -0.480 e. The summed E-state index contributed by atoms with van der Waals surface area (Å²) in [5.41, 5.74) is 1.15. The number of hydrogen-bond acceptors (Lipinski definition) is 5. The van der Waals surface area contributed by atoms with Gasteiger partial charge in [-0.3, -0.25) is 4.21 Å². The molecule has 2 aromatic rings. The van der Waals surface area contributed by atoms with Gasteiger partial charge in [-0.1, -0.05) is 30.3 Å². The molecule has 6 heteroatoms. The zero-order chi connectivity index (χ0) is 16.3. The smallest absolute Gasteiger partial charge is 0.233 e. The van der Waals surface area contributed by atoms with Crippen LogP contribution in [0.15, 0.2) is 41.4 Å². The van der Waals surface area contributed by atoms with Crippen LogP contribution in [0.3, 0.4) is 0 Å². The zero-order valence-electron chi connectivity index (χ0n) is 13.1. The highest BCUT2D eigenvalue weighted by Gasteiger charge is 2.28. The van der Waals surface area contributed by atoms with Gasteiger partial charge in [0.15, 0.2) is 5.03 Å². The van der Waals surface area contributed by atoms with E-state index in [1.54, 1.807) is 18.2 Å². The van der Waals surface area contributed by atoms with Crippen LogP contribution in [-0.2, 0) is 10.8 Å². The summed E-state index contributed by atoms with van der Waals surface area (Å²) in [5.74, 6) is 0.277. The molecule has 0 spiro atoms. The first kappa shape index (κ1) is 16.6. The molecule has 0 aliphatic heterocycles. The van der Waals surface area contributed by atoms with Gasteiger partial charge in [-0.05, 0) is 26.3 Å². The maximum atomic E-state index is 12.7. The molecule has 0 radical (unpaired) electrons. The fraction of sp³-hybridized carbons (Fsp3) is 0.375. The lowest BCUT2D eigenvalue weighted by molar-refractivity contribution is 0.214. The van der Waals surface area contributed by atoms with Crippen molar-refractivity contribution in [3.8, 4) is 5.88 Å². The molecule has 2 unspecified atom stereocenters. The Bertz CT molecular complexity index is 669. The van der Waals surface area contributed by atoms with Gasteiger partial charge in [0, 0.05) is 16.4 Å². The molecule has 0 aliphatic carbocycles. The van der Waals surface area contributed by atoms with E-state index in [4.69, 9.17) is 4.74 Å². The van der Waals surface area contributed by atoms with Gasteiger partial charge in [0.25, 0.3) is 0 Å². The number of methoxy groups -OCH3 is 1. The Balaban J connectivity index is 2.54. The number of ether oxygens (including phenoxy) is 1. The van der Waals surface area contributed by atoms with Crippen molar-refractivity contribution in [2.24, 2.45) is 0 Å². The first-order chi connectivity index (χ1) is 10.3. The number of nitrogens with zero attached hydrogens (tertiary/aromatic N) is 2. The van der Waals surface area contributed by atoms with Crippen molar-refractivity contribution < 1.29 is 14.1 Å². The maximum absolute atomic E-state index is 12.7. The minimum atomic E-state index is -1.41. The van der Waals surface area contributed by atoms with E-state index in [1.165, 1.54) is 7.11 Å². The number of aliphatic hydroxyl groups is 1. The van der Waals surface area contributed by atoms with Crippen molar-refractivity contribution in [3.63, 3.8) is 0 Å². The second-order valence-electron chi connectivity index (χ2n) is 5.84. The average Bonchev–Trinajstić information content (AvgIpc) is 2.52. The van der Waals surface area contributed by atoms with Crippen LogP contribution in [0.4, 0.5) is 0 Å². The Morgan fingerprint density at radius 1 is 1.18 bits per heavy atom. The summed E-state index contributed by atoms with van der Waals surface area (Å²) in [5, 5.41) is 18.9. The standard InChI is InChI=1S/C16H20N2O3S/c1-16(2,3)22(20)15-12(10-13(21-4)17-18-15)14(19)11-8-6-5-7-9-11/h5-10,14,19H,1-4H3. The van der Waals surface area contributed by atoms with Crippen molar-refractivity contribution in [2.75, 3.05) is 7.11 Å². The van der Waals surface area contributed by atoms with E-state index in [-0.39, 0.29) is 10.9 Å². The molecular weight excluding hydrogens is 300 g/mol. The van der Waals surface area contributed by atoms with Crippen LogP contribution in [-0.4, -0.2) is 31.4 Å². The van der Waals surface area contributed by atoms with Crippen LogP contribution in [0.25, 0.3) is 0 Å². The van der Waals surface area contributed by atoms with Gasteiger partial charge in [0.05, 0.1) is 17.9 Å². The van der Waals surface area contributed by atoms with Crippen molar-refractivity contribution in [1.82, 2.24) is 10.2 Å². The summed E-state index contributed by atoms with van der Waals surface area (Å²) in [7, 11) is 0.0692. The second-order valence-corrected chi connectivity index (χ2v) is 7.99. The summed E-state index contributed by atoms with van der Waals surface area (Å²) < 4.78 is 17.3. The molecule has 0 aliphatic rings. The SMILES string of the molecule is COc1cc(C(O)c2ccccc2)c(S(=O)C(C)(C)C)nn1. The van der Waals surface area contributed by atoms with Gasteiger partial charge < -0.3 is 9.84 Å². The van der Waals surface area contributed by atoms with Crippen molar-refractivity contribution in [1.29, 1.82) is 0 Å². The van der Waals surface area contributed by atoms with E-state index >= 15 is 0 Å². The molecule has 0 fully saturated rings. The average molecular weight is 320 g/mol. The lowest BCUT2D eigenvalue weighted by atomic mass is 10.0. The summed E-state index contributed by atoms with van der Waals surface area (Å²) in [6, 6.07) is 10.7. The number of aliphatic hydroxyl groups excluding tert-OH is 1. The van der Waals surface area contributed by atoms with E-state index in [1.807, 2.05) is 39.0 Å². The van der Waals surface area contributed by atoms with E-state index in [0.717, 1.165) is 0 Å². The van der Waals surface area contributed by atoms with Gasteiger partial charge in [-0.2, -0.15) is 0 Å². The molecule has 1 aromatic heterocycles. The molecule has 22 heavy (non-hydrogen) atoms. The molecule has 1 heterocycles. The van der Waals surface area contributed by atoms with Gasteiger partial charge in [0.2, 0.25) is 5.88 Å². The maximum Gasteiger partial charge on any atom is 0.233 e. The molecule has 0 bridgehead atoms. The predicted molar refractivity (Wildman–Crippen MR) is 85.2 cm³/mol. The first-order valence-corrected chi connectivity index (χ1v) is 8.06. The third kappa shape index (κ3) is 3.51. The van der Waals surface area contributed by atoms with Crippen LogP contribution >= 0.6 is 0 Å². The summed E-state index contributed by atoms with van der Waals surface area (Å²) >= 11 is 0. The van der Waals surface area contributed by atoms with E-state index in [9.17, 15) is 9.32 Å². The monoisotopic (exact) mass is 320 g/mol. The van der Waals surface area contributed by atoms with Crippen LogP contribution in [0.1, 0.15) is 38.0 Å². The van der Waals surface area contributed by atoms with Crippen LogP contribution in [0, 0.1) is 0 Å². The molecule has 1 aromatic carbocycles. The fourth-order valence-corrected chi connectivity index (χ4v) is 3.00. The molecule has 0 amide bonds. The Kier molecular flexibility index (Phi) is 4.93. The second kappa shape index (κ2) is 6.54. The van der Waals surface area contributed by atoms with Crippen LogP contribution < -0.4 is 4.74 Å². The van der Waals surface area contributed by atoms with Gasteiger partial charge in [0.1, 0.15) is 6.10 Å². The Hall–Kier alpha value is -1.79. The van der Waals surface area contributed by atoms with Gasteiger partial charge >= 0.3 is 0 Å². The minimum absolute atomic E-state index is 0.277. The van der Waals surface area contributed by atoms with Gasteiger partial charge in [-0.25, -0.2) is 0 Å². The molecular formula is C16H20N2O3S. The van der Waals surface area contributed by atoms with Crippen molar-refractivity contribution in [3.05, 3.63) is 47.5 Å². The predicted octanol–water partition coefficient (Wildman–Crippen LogP) is 2.47. The van der Waals surface area contributed by atoms with Crippen LogP contribution in [0.5, 0.6) is 5.88 Å². The highest BCUT2D eigenvalue weighted by Crippen LogP contribution is 2.30. The first-order valence-electron chi connectivity index (χ1n) is 6.91. The molecule has 1 N–H and O–H groups in total. The van der Waals surface area contributed by atoms with Gasteiger partial charge in [-0.15, -0.1) is 10.2 Å². The lowest BCUT2D eigenvalue weighted by Gasteiger charge is -2.21. The topological polar surface area (TPSA) is 72.3 Å². The fourth-order valence-electron chi connectivity index (χ4n) is 1.92. The Labute approximate surface area is 132 Å². The van der Waals surface area contributed by atoms with Crippen molar-refractivity contribution in [2.45, 2.75) is 36.6 Å². The summed E-state index contributed by atoms with van der Waals surface area (Å²) in [4.78, 5) is 0. The number of aromatic nitrogens is 2. The molecule has 2 atom stereocenters. The molecule has 5 nitrogen and oxygen atoms in total. The number of benzene rings is 1.